The highest BCUT2D eigenvalue weighted by Gasteiger charge is 2.20. The summed E-state index contributed by atoms with van der Waals surface area (Å²) in [6.45, 7) is 3.95. The summed E-state index contributed by atoms with van der Waals surface area (Å²) in [7, 11) is 0. The Morgan fingerprint density at radius 2 is 2.05 bits per heavy atom. The molecule has 0 bridgehead atoms. The molecule has 1 unspecified atom stereocenters. The SMILES string of the molecule is Cc1nc(CC(Cc2ccccc2C)C(=O)O)cs1. The zero-order valence-electron chi connectivity index (χ0n) is 11.1. The van der Waals surface area contributed by atoms with Gasteiger partial charge < -0.3 is 5.11 Å². The van der Waals surface area contributed by atoms with Crippen LogP contribution in [0.25, 0.3) is 0 Å². The Bertz CT molecular complexity index is 577. The first kappa shape index (κ1) is 13.7. The van der Waals surface area contributed by atoms with E-state index in [0.29, 0.717) is 12.8 Å². The number of nitrogens with zero attached hydrogens (tertiary/aromatic N) is 1. The maximum absolute atomic E-state index is 11.4. The van der Waals surface area contributed by atoms with Crippen LogP contribution >= 0.6 is 11.3 Å². The Hall–Kier alpha value is -1.68. The second-order valence-corrected chi connectivity index (χ2v) is 5.79. The van der Waals surface area contributed by atoms with Crippen LogP contribution in [0, 0.1) is 19.8 Å². The number of thiazole rings is 1. The number of carboxylic acid groups (broad SMARTS) is 1. The van der Waals surface area contributed by atoms with Crippen LogP contribution in [-0.4, -0.2) is 16.1 Å². The highest BCUT2D eigenvalue weighted by Crippen LogP contribution is 2.19. The third kappa shape index (κ3) is 3.64. The monoisotopic (exact) mass is 275 g/mol. The van der Waals surface area contributed by atoms with Crippen LogP contribution in [0.2, 0.25) is 0 Å². The van der Waals surface area contributed by atoms with Crippen LogP contribution in [0.1, 0.15) is 21.8 Å². The van der Waals surface area contributed by atoms with Crippen molar-refractivity contribution in [2.75, 3.05) is 0 Å². The van der Waals surface area contributed by atoms with Crippen molar-refractivity contribution in [2.45, 2.75) is 26.7 Å². The lowest BCUT2D eigenvalue weighted by atomic mass is 9.93. The Kier molecular flexibility index (Phi) is 4.32. The number of rotatable bonds is 5. The molecule has 0 aliphatic carbocycles. The minimum Gasteiger partial charge on any atom is -0.481 e. The summed E-state index contributed by atoms with van der Waals surface area (Å²) in [5.41, 5.74) is 3.12. The maximum atomic E-state index is 11.4. The van der Waals surface area contributed by atoms with Gasteiger partial charge in [-0.15, -0.1) is 11.3 Å². The van der Waals surface area contributed by atoms with Crippen LogP contribution in [0.15, 0.2) is 29.6 Å². The summed E-state index contributed by atoms with van der Waals surface area (Å²) in [4.78, 5) is 15.8. The molecule has 0 aliphatic heterocycles. The van der Waals surface area contributed by atoms with Gasteiger partial charge in [-0.1, -0.05) is 24.3 Å². The van der Waals surface area contributed by atoms with Crippen molar-refractivity contribution in [3.8, 4) is 0 Å². The molecule has 1 N–H and O–H groups in total. The van der Waals surface area contributed by atoms with Crippen LogP contribution in [-0.2, 0) is 17.6 Å². The maximum Gasteiger partial charge on any atom is 0.307 e. The molecule has 1 aromatic heterocycles. The van der Waals surface area contributed by atoms with Crippen molar-refractivity contribution in [2.24, 2.45) is 5.92 Å². The highest BCUT2D eigenvalue weighted by molar-refractivity contribution is 7.09. The van der Waals surface area contributed by atoms with E-state index in [0.717, 1.165) is 21.8 Å². The van der Waals surface area contributed by atoms with Crippen molar-refractivity contribution < 1.29 is 9.90 Å². The number of aromatic nitrogens is 1. The average molecular weight is 275 g/mol. The topological polar surface area (TPSA) is 50.2 Å². The Morgan fingerprint density at radius 1 is 1.32 bits per heavy atom. The first-order valence-corrected chi connectivity index (χ1v) is 7.12. The average Bonchev–Trinajstić information content (AvgIpc) is 2.76. The van der Waals surface area contributed by atoms with Crippen molar-refractivity contribution in [1.29, 1.82) is 0 Å². The zero-order chi connectivity index (χ0) is 13.8. The van der Waals surface area contributed by atoms with E-state index in [9.17, 15) is 9.90 Å². The van der Waals surface area contributed by atoms with Crippen molar-refractivity contribution in [3.05, 3.63) is 51.5 Å². The molecule has 0 fully saturated rings. The molecule has 0 radical (unpaired) electrons. The molecule has 0 amide bonds. The largest absolute Gasteiger partial charge is 0.481 e. The van der Waals surface area contributed by atoms with E-state index in [2.05, 4.69) is 4.98 Å². The van der Waals surface area contributed by atoms with Gasteiger partial charge in [0.05, 0.1) is 16.6 Å². The van der Waals surface area contributed by atoms with Gasteiger partial charge in [-0.3, -0.25) is 4.79 Å². The van der Waals surface area contributed by atoms with E-state index in [1.807, 2.05) is 43.5 Å². The normalized spacial score (nSPS) is 12.3. The van der Waals surface area contributed by atoms with Gasteiger partial charge in [0.2, 0.25) is 0 Å². The molecule has 2 aromatic rings. The highest BCUT2D eigenvalue weighted by atomic mass is 32.1. The fraction of sp³-hybridized carbons (Fsp3) is 0.333. The molecule has 4 heteroatoms. The first-order chi connectivity index (χ1) is 9.06. The quantitative estimate of drug-likeness (QED) is 0.911. The van der Waals surface area contributed by atoms with Gasteiger partial charge in [0.15, 0.2) is 0 Å². The van der Waals surface area contributed by atoms with Crippen molar-refractivity contribution >= 4 is 17.3 Å². The second-order valence-electron chi connectivity index (χ2n) is 4.73. The number of hydrogen-bond donors (Lipinski definition) is 1. The van der Waals surface area contributed by atoms with Crippen LogP contribution < -0.4 is 0 Å². The minimum atomic E-state index is -0.756. The van der Waals surface area contributed by atoms with Gasteiger partial charge in [0.25, 0.3) is 0 Å². The fourth-order valence-corrected chi connectivity index (χ4v) is 2.73. The van der Waals surface area contributed by atoms with Gasteiger partial charge >= 0.3 is 5.97 Å². The number of benzene rings is 1. The predicted octanol–water partition coefficient (Wildman–Crippen LogP) is 3.25. The molecule has 3 nitrogen and oxygen atoms in total. The van der Waals surface area contributed by atoms with Crippen molar-refractivity contribution in [1.82, 2.24) is 4.98 Å². The third-order valence-corrected chi connectivity index (χ3v) is 4.02. The number of carbonyl (C=O) groups is 1. The fourth-order valence-electron chi connectivity index (χ4n) is 2.11. The molecule has 1 aromatic carbocycles. The summed E-state index contributed by atoms with van der Waals surface area (Å²) in [5.74, 6) is -1.17. The zero-order valence-corrected chi connectivity index (χ0v) is 11.9. The van der Waals surface area contributed by atoms with E-state index in [1.165, 1.54) is 0 Å². The van der Waals surface area contributed by atoms with Gasteiger partial charge in [0, 0.05) is 11.8 Å². The van der Waals surface area contributed by atoms with Gasteiger partial charge in [0.1, 0.15) is 0 Å². The number of aryl methyl sites for hydroxylation is 2. The molecule has 1 heterocycles. The molecule has 0 spiro atoms. The molecule has 19 heavy (non-hydrogen) atoms. The Morgan fingerprint density at radius 3 is 2.63 bits per heavy atom. The van der Waals surface area contributed by atoms with Crippen LogP contribution in [0.3, 0.4) is 0 Å². The van der Waals surface area contributed by atoms with Crippen LogP contribution in [0.5, 0.6) is 0 Å². The van der Waals surface area contributed by atoms with E-state index < -0.39 is 11.9 Å². The molecule has 2 rings (SSSR count). The smallest absolute Gasteiger partial charge is 0.307 e. The molecular weight excluding hydrogens is 258 g/mol. The van der Waals surface area contributed by atoms with Gasteiger partial charge in [-0.05, 0) is 31.4 Å². The Balaban J connectivity index is 2.13. The molecular formula is C15H17NO2S. The van der Waals surface area contributed by atoms with Crippen molar-refractivity contribution in [3.63, 3.8) is 0 Å². The van der Waals surface area contributed by atoms with E-state index >= 15 is 0 Å². The van der Waals surface area contributed by atoms with E-state index in [1.54, 1.807) is 11.3 Å². The Labute approximate surface area is 116 Å². The lowest BCUT2D eigenvalue weighted by Crippen LogP contribution is -2.19. The lowest BCUT2D eigenvalue weighted by Gasteiger charge is -2.12. The molecule has 0 aliphatic rings. The second kappa shape index (κ2) is 5.97. The van der Waals surface area contributed by atoms with Crippen LogP contribution in [0.4, 0.5) is 0 Å². The summed E-state index contributed by atoms with van der Waals surface area (Å²) in [5, 5.41) is 12.3. The molecule has 100 valence electrons. The molecule has 0 saturated heterocycles. The summed E-state index contributed by atoms with van der Waals surface area (Å²) < 4.78 is 0. The van der Waals surface area contributed by atoms with Gasteiger partial charge in [-0.2, -0.15) is 0 Å². The molecule has 1 atom stereocenters. The summed E-state index contributed by atoms with van der Waals surface area (Å²) in [6.07, 6.45) is 1.05. The summed E-state index contributed by atoms with van der Waals surface area (Å²) >= 11 is 1.56. The molecule has 0 saturated carbocycles. The first-order valence-electron chi connectivity index (χ1n) is 6.24. The lowest BCUT2D eigenvalue weighted by molar-refractivity contribution is -0.141. The van der Waals surface area contributed by atoms with E-state index in [-0.39, 0.29) is 0 Å². The standard InChI is InChI=1S/C15H17NO2S/c1-10-5-3-4-6-12(10)7-13(15(17)18)8-14-9-19-11(2)16-14/h3-6,9,13H,7-8H2,1-2H3,(H,17,18). The summed E-state index contributed by atoms with van der Waals surface area (Å²) in [6, 6.07) is 7.94. The third-order valence-electron chi connectivity index (χ3n) is 3.20. The predicted molar refractivity (Wildman–Crippen MR) is 76.6 cm³/mol. The minimum absolute atomic E-state index is 0.414. The number of carboxylic acids is 1. The number of aliphatic carboxylic acids is 1. The number of hydrogen-bond acceptors (Lipinski definition) is 3. The van der Waals surface area contributed by atoms with Gasteiger partial charge in [-0.25, -0.2) is 4.98 Å². The van der Waals surface area contributed by atoms with E-state index in [4.69, 9.17) is 0 Å².